The van der Waals surface area contributed by atoms with Crippen molar-refractivity contribution in [1.82, 2.24) is 0 Å². The summed E-state index contributed by atoms with van der Waals surface area (Å²) in [4.78, 5) is 0. The lowest BCUT2D eigenvalue weighted by atomic mass is 9.98. The summed E-state index contributed by atoms with van der Waals surface area (Å²) < 4.78 is 5.05. The Kier molecular flexibility index (Phi) is 2.71. The van der Waals surface area contributed by atoms with Crippen LogP contribution in [0.15, 0.2) is 24.3 Å². The highest BCUT2D eigenvalue weighted by Crippen LogP contribution is 2.31. The predicted octanol–water partition coefficient (Wildman–Crippen LogP) is 1.30. The second-order valence-corrected chi connectivity index (χ2v) is 3.03. The van der Waals surface area contributed by atoms with Gasteiger partial charge in [0.25, 0.3) is 0 Å². The lowest BCUT2D eigenvalue weighted by Crippen LogP contribution is -2.34. The number of aliphatic hydroxyl groups excluding tert-OH is 1. The van der Waals surface area contributed by atoms with Gasteiger partial charge in [-0.15, -0.1) is 0 Å². The van der Waals surface area contributed by atoms with Crippen molar-refractivity contribution in [3.05, 3.63) is 24.3 Å². The van der Waals surface area contributed by atoms with Gasteiger partial charge in [-0.2, -0.15) is 0 Å². The molecule has 0 aliphatic heterocycles. The molecular formula is C8H11ClO2. The van der Waals surface area contributed by atoms with Crippen LogP contribution in [0.25, 0.3) is 0 Å². The van der Waals surface area contributed by atoms with Gasteiger partial charge >= 0.3 is 0 Å². The summed E-state index contributed by atoms with van der Waals surface area (Å²) in [5.74, 6) is -0.154. The first-order valence-corrected chi connectivity index (χ1v) is 3.81. The standard InChI is InChI=1S/C8H11ClO2/c1-11-8(9)5-3-2-4-7(8)6-10/h2-5,7,10H,6H2,1H3/t7-,8-/m1/s1. The molecule has 0 aromatic carbocycles. The van der Waals surface area contributed by atoms with Gasteiger partial charge < -0.3 is 9.84 Å². The molecule has 0 amide bonds. The fourth-order valence-electron chi connectivity index (χ4n) is 1.04. The first-order valence-electron chi connectivity index (χ1n) is 3.44. The molecule has 11 heavy (non-hydrogen) atoms. The van der Waals surface area contributed by atoms with E-state index < -0.39 is 5.06 Å². The monoisotopic (exact) mass is 174 g/mol. The minimum atomic E-state index is -0.858. The van der Waals surface area contributed by atoms with Crippen LogP contribution < -0.4 is 0 Å². The third-order valence-corrected chi connectivity index (χ3v) is 2.35. The smallest absolute Gasteiger partial charge is 0.168 e. The van der Waals surface area contributed by atoms with E-state index in [4.69, 9.17) is 21.4 Å². The molecule has 0 saturated heterocycles. The van der Waals surface area contributed by atoms with Crippen LogP contribution in [0, 0.1) is 5.92 Å². The van der Waals surface area contributed by atoms with E-state index in [1.807, 2.05) is 18.2 Å². The molecule has 2 nitrogen and oxygen atoms in total. The summed E-state index contributed by atoms with van der Waals surface area (Å²) in [6, 6.07) is 0. The Morgan fingerprint density at radius 3 is 2.82 bits per heavy atom. The molecule has 0 bridgehead atoms. The molecule has 0 fully saturated rings. The summed E-state index contributed by atoms with van der Waals surface area (Å²) in [6.45, 7) is -0.00181. The number of halogens is 1. The molecule has 0 unspecified atom stereocenters. The molecule has 1 aliphatic carbocycles. The van der Waals surface area contributed by atoms with Crippen LogP contribution in [0.2, 0.25) is 0 Å². The third kappa shape index (κ3) is 1.64. The van der Waals surface area contributed by atoms with Crippen LogP contribution >= 0.6 is 11.6 Å². The number of hydrogen-bond acceptors (Lipinski definition) is 2. The summed E-state index contributed by atoms with van der Waals surface area (Å²) >= 11 is 6.01. The van der Waals surface area contributed by atoms with Gasteiger partial charge in [-0.3, -0.25) is 0 Å². The molecule has 62 valence electrons. The van der Waals surface area contributed by atoms with E-state index in [1.54, 1.807) is 6.08 Å². The highest BCUT2D eigenvalue weighted by atomic mass is 35.5. The van der Waals surface area contributed by atoms with Crippen LogP contribution in [0.5, 0.6) is 0 Å². The molecule has 1 aliphatic rings. The van der Waals surface area contributed by atoms with Crippen molar-refractivity contribution in [2.75, 3.05) is 13.7 Å². The molecule has 0 heterocycles. The van der Waals surface area contributed by atoms with Gasteiger partial charge in [-0.25, -0.2) is 0 Å². The molecule has 2 atom stereocenters. The Balaban J connectivity index is 2.77. The van der Waals surface area contributed by atoms with Gasteiger partial charge in [0, 0.05) is 13.0 Å². The number of ether oxygens (including phenoxy) is 1. The van der Waals surface area contributed by atoms with Crippen molar-refractivity contribution >= 4 is 11.6 Å². The van der Waals surface area contributed by atoms with E-state index in [0.29, 0.717) is 0 Å². The van der Waals surface area contributed by atoms with Gasteiger partial charge in [0.05, 0.1) is 6.61 Å². The van der Waals surface area contributed by atoms with Crippen LogP contribution in [0.3, 0.4) is 0 Å². The molecule has 0 spiro atoms. The molecule has 0 aromatic rings. The highest BCUT2D eigenvalue weighted by molar-refractivity contribution is 6.24. The van der Waals surface area contributed by atoms with E-state index >= 15 is 0 Å². The Bertz CT molecular complexity index is 189. The molecule has 0 radical (unpaired) electrons. The quantitative estimate of drug-likeness (QED) is 0.640. The fourth-order valence-corrected chi connectivity index (χ4v) is 1.26. The van der Waals surface area contributed by atoms with Crippen molar-refractivity contribution in [3.8, 4) is 0 Å². The van der Waals surface area contributed by atoms with Crippen LogP contribution in [-0.4, -0.2) is 23.9 Å². The zero-order chi connectivity index (χ0) is 8.32. The maximum atomic E-state index is 8.91. The van der Waals surface area contributed by atoms with E-state index in [1.165, 1.54) is 7.11 Å². The first kappa shape index (κ1) is 8.78. The molecule has 0 aromatic heterocycles. The Morgan fingerprint density at radius 1 is 1.64 bits per heavy atom. The van der Waals surface area contributed by atoms with Crippen molar-refractivity contribution in [1.29, 1.82) is 0 Å². The lowest BCUT2D eigenvalue weighted by molar-refractivity contribution is 0.0444. The summed E-state index contributed by atoms with van der Waals surface area (Å²) in [7, 11) is 1.53. The summed E-state index contributed by atoms with van der Waals surface area (Å²) in [5.41, 5.74) is 0. The predicted molar refractivity (Wildman–Crippen MR) is 44.4 cm³/mol. The van der Waals surface area contributed by atoms with Crippen LogP contribution in [0.4, 0.5) is 0 Å². The van der Waals surface area contributed by atoms with Crippen molar-refractivity contribution in [2.45, 2.75) is 5.06 Å². The fraction of sp³-hybridized carbons (Fsp3) is 0.500. The van der Waals surface area contributed by atoms with Crippen molar-refractivity contribution in [2.24, 2.45) is 5.92 Å². The SMILES string of the molecule is CO[C@]1(Cl)C=CC=C[C@@H]1CO. The topological polar surface area (TPSA) is 29.5 Å². The number of hydrogen-bond donors (Lipinski definition) is 1. The van der Waals surface area contributed by atoms with Gasteiger partial charge in [0.15, 0.2) is 5.06 Å². The molecule has 0 saturated carbocycles. The lowest BCUT2D eigenvalue weighted by Gasteiger charge is -2.29. The zero-order valence-corrected chi connectivity index (χ0v) is 7.08. The molecule has 1 rings (SSSR count). The van der Waals surface area contributed by atoms with Gasteiger partial charge in [0.2, 0.25) is 0 Å². The third-order valence-electron chi connectivity index (χ3n) is 1.79. The average molecular weight is 175 g/mol. The molecule has 1 N–H and O–H groups in total. The minimum Gasteiger partial charge on any atom is -0.396 e. The summed E-state index contributed by atoms with van der Waals surface area (Å²) in [6.07, 6.45) is 7.22. The second kappa shape index (κ2) is 3.39. The number of rotatable bonds is 2. The van der Waals surface area contributed by atoms with Gasteiger partial charge in [-0.05, 0) is 6.08 Å². The minimum absolute atomic E-state index is 0.00181. The van der Waals surface area contributed by atoms with Crippen molar-refractivity contribution < 1.29 is 9.84 Å². The average Bonchev–Trinajstić information content (AvgIpc) is 2.05. The highest BCUT2D eigenvalue weighted by Gasteiger charge is 2.33. The number of aliphatic hydroxyl groups is 1. The number of methoxy groups -OCH3 is 1. The Morgan fingerprint density at radius 2 is 2.36 bits per heavy atom. The second-order valence-electron chi connectivity index (χ2n) is 2.43. The zero-order valence-electron chi connectivity index (χ0n) is 6.33. The van der Waals surface area contributed by atoms with E-state index in [-0.39, 0.29) is 12.5 Å². The number of alkyl halides is 1. The van der Waals surface area contributed by atoms with Crippen LogP contribution in [0.1, 0.15) is 0 Å². The Hall–Kier alpha value is -0.310. The normalized spacial score (nSPS) is 36.1. The largest absolute Gasteiger partial charge is 0.396 e. The first-order chi connectivity index (χ1) is 5.23. The number of allylic oxidation sites excluding steroid dienone is 2. The Labute approximate surface area is 71.1 Å². The summed E-state index contributed by atoms with van der Waals surface area (Å²) in [5, 5.41) is 8.05. The maximum absolute atomic E-state index is 8.91. The van der Waals surface area contributed by atoms with Gasteiger partial charge in [0.1, 0.15) is 0 Å². The van der Waals surface area contributed by atoms with E-state index in [0.717, 1.165) is 0 Å². The maximum Gasteiger partial charge on any atom is 0.168 e. The van der Waals surface area contributed by atoms with Crippen molar-refractivity contribution in [3.63, 3.8) is 0 Å². The van der Waals surface area contributed by atoms with E-state index in [2.05, 4.69) is 0 Å². The molecular weight excluding hydrogens is 164 g/mol. The van der Waals surface area contributed by atoms with Crippen LogP contribution in [-0.2, 0) is 4.74 Å². The van der Waals surface area contributed by atoms with Gasteiger partial charge in [-0.1, -0.05) is 29.8 Å². The molecule has 3 heteroatoms. The van der Waals surface area contributed by atoms with E-state index in [9.17, 15) is 0 Å².